The van der Waals surface area contributed by atoms with Crippen molar-refractivity contribution in [3.05, 3.63) is 24.3 Å². The van der Waals surface area contributed by atoms with Crippen LogP contribution in [0.15, 0.2) is 24.3 Å². The molecule has 0 heterocycles. The molecule has 1 amide bonds. The number of benzene rings is 1. The number of rotatable bonds is 8. The molecule has 0 aliphatic carbocycles. The third-order valence-electron chi connectivity index (χ3n) is 2.72. The van der Waals surface area contributed by atoms with E-state index in [1.165, 1.54) is 0 Å². The second-order valence-corrected chi connectivity index (χ2v) is 6.26. The van der Waals surface area contributed by atoms with Gasteiger partial charge < -0.3 is 15.8 Å². The molecule has 1 aromatic rings. The molecule has 20 heavy (non-hydrogen) atoms. The van der Waals surface area contributed by atoms with Crippen LogP contribution in [0.5, 0.6) is 5.75 Å². The Morgan fingerprint density at radius 2 is 2.05 bits per heavy atom. The van der Waals surface area contributed by atoms with Gasteiger partial charge in [-0.15, -0.1) is 0 Å². The Hall–Kier alpha value is -1.56. The monoisotopic (exact) mass is 298 g/mol. The fraction of sp³-hybridized carbons (Fsp3) is 0.500. The number of amides is 1. The molecule has 1 aromatic carbocycles. The molecule has 0 bridgehead atoms. The van der Waals surface area contributed by atoms with E-state index >= 15 is 0 Å². The van der Waals surface area contributed by atoms with Gasteiger partial charge in [0.05, 0.1) is 13.0 Å². The Balaban J connectivity index is 2.19. The number of hydrogen-bond donors (Lipinski definition) is 2. The smallest absolute Gasteiger partial charge is 0.223 e. The van der Waals surface area contributed by atoms with E-state index in [9.17, 15) is 9.00 Å². The maximum atomic E-state index is 11.7. The summed E-state index contributed by atoms with van der Waals surface area (Å²) in [7, 11) is -0.819. The molecule has 1 rings (SSSR count). The standard InChI is InChI=1S/C14H22N2O3S/c1-11(8-10-20(2)18)16-14(17)7-9-19-13-5-3-12(15)4-6-13/h3-6,11H,7-10,15H2,1-2H3,(H,16,17). The Kier molecular flexibility index (Phi) is 7.08. The molecule has 2 unspecified atom stereocenters. The van der Waals surface area contributed by atoms with Gasteiger partial charge in [0.2, 0.25) is 5.91 Å². The Morgan fingerprint density at radius 1 is 1.40 bits per heavy atom. The Morgan fingerprint density at radius 3 is 2.65 bits per heavy atom. The van der Waals surface area contributed by atoms with Gasteiger partial charge in [-0.1, -0.05) is 0 Å². The van der Waals surface area contributed by atoms with E-state index in [2.05, 4.69) is 5.32 Å². The highest BCUT2D eigenvalue weighted by Crippen LogP contribution is 2.13. The fourth-order valence-electron chi connectivity index (χ4n) is 1.59. The fourth-order valence-corrected chi connectivity index (χ4v) is 2.27. The summed E-state index contributed by atoms with van der Waals surface area (Å²) in [6.45, 7) is 2.23. The van der Waals surface area contributed by atoms with Gasteiger partial charge in [0.25, 0.3) is 0 Å². The van der Waals surface area contributed by atoms with Gasteiger partial charge in [-0.3, -0.25) is 9.00 Å². The molecular weight excluding hydrogens is 276 g/mol. The van der Waals surface area contributed by atoms with E-state index in [1.807, 2.05) is 6.92 Å². The number of nitrogen functional groups attached to an aromatic ring is 1. The van der Waals surface area contributed by atoms with E-state index in [0.29, 0.717) is 36.6 Å². The average molecular weight is 298 g/mol. The molecular formula is C14H22N2O3S. The molecule has 0 fully saturated rings. The van der Waals surface area contributed by atoms with Crippen LogP contribution in [0.25, 0.3) is 0 Å². The quantitative estimate of drug-likeness (QED) is 0.709. The van der Waals surface area contributed by atoms with E-state index in [0.717, 1.165) is 0 Å². The first-order chi connectivity index (χ1) is 9.47. The SMILES string of the molecule is CC(CCS(C)=O)NC(=O)CCOc1ccc(N)cc1. The van der Waals surface area contributed by atoms with Gasteiger partial charge in [0.1, 0.15) is 5.75 Å². The third-order valence-corrected chi connectivity index (χ3v) is 3.53. The van der Waals surface area contributed by atoms with Gasteiger partial charge in [0.15, 0.2) is 0 Å². The number of nitrogens with one attached hydrogen (secondary N) is 1. The number of ether oxygens (including phenoxy) is 1. The summed E-state index contributed by atoms with van der Waals surface area (Å²) in [4.78, 5) is 11.7. The minimum atomic E-state index is -0.819. The summed E-state index contributed by atoms with van der Waals surface area (Å²) in [6, 6.07) is 7.08. The predicted molar refractivity (Wildman–Crippen MR) is 82.1 cm³/mol. The lowest BCUT2D eigenvalue weighted by molar-refractivity contribution is -0.122. The maximum Gasteiger partial charge on any atom is 0.223 e. The van der Waals surface area contributed by atoms with Crippen LogP contribution in [0.3, 0.4) is 0 Å². The normalized spacial score (nSPS) is 13.5. The van der Waals surface area contributed by atoms with Crippen LogP contribution < -0.4 is 15.8 Å². The first-order valence-electron chi connectivity index (χ1n) is 6.55. The first-order valence-corrected chi connectivity index (χ1v) is 8.28. The van der Waals surface area contributed by atoms with E-state index < -0.39 is 10.8 Å². The van der Waals surface area contributed by atoms with E-state index in [-0.39, 0.29) is 11.9 Å². The van der Waals surface area contributed by atoms with E-state index in [4.69, 9.17) is 10.5 Å². The molecule has 0 radical (unpaired) electrons. The van der Waals surface area contributed by atoms with Crippen LogP contribution in [-0.2, 0) is 15.6 Å². The van der Waals surface area contributed by atoms with E-state index in [1.54, 1.807) is 30.5 Å². The molecule has 0 saturated carbocycles. The highest BCUT2D eigenvalue weighted by molar-refractivity contribution is 7.84. The van der Waals surface area contributed by atoms with Crippen molar-refractivity contribution in [1.29, 1.82) is 0 Å². The van der Waals surface area contributed by atoms with Crippen LogP contribution in [0.2, 0.25) is 0 Å². The van der Waals surface area contributed by atoms with Crippen molar-refractivity contribution in [3.63, 3.8) is 0 Å². The summed E-state index contributed by atoms with van der Waals surface area (Å²) in [5.74, 6) is 1.24. The Labute approximate surface area is 122 Å². The molecule has 0 aromatic heterocycles. The maximum absolute atomic E-state index is 11.7. The lowest BCUT2D eigenvalue weighted by atomic mass is 10.2. The number of hydrogen-bond acceptors (Lipinski definition) is 4. The molecule has 6 heteroatoms. The first kappa shape index (κ1) is 16.5. The predicted octanol–water partition coefficient (Wildman–Crippen LogP) is 1.31. The highest BCUT2D eigenvalue weighted by atomic mass is 32.2. The molecule has 112 valence electrons. The summed E-state index contributed by atoms with van der Waals surface area (Å²) in [5, 5.41) is 2.86. The van der Waals surface area contributed by atoms with Crippen LogP contribution in [0.1, 0.15) is 19.8 Å². The molecule has 3 N–H and O–H groups in total. The van der Waals surface area contributed by atoms with Gasteiger partial charge in [-0.25, -0.2) is 0 Å². The van der Waals surface area contributed by atoms with Crippen molar-refractivity contribution in [2.75, 3.05) is 24.3 Å². The Bertz CT molecular complexity index is 448. The molecule has 5 nitrogen and oxygen atoms in total. The third kappa shape index (κ3) is 7.13. The molecule has 0 aliphatic heterocycles. The summed E-state index contributed by atoms with van der Waals surface area (Å²) >= 11 is 0. The van der Waals surface area contributed by atoms with Crippen LogP contribution in [-0.4, -0.2) is 34.8 Å². The topological polar surface area (TPSA) is 81.4 Å². The lowest BCUT2D eigenvalue weighted by Gasteiger charge is -2.13. The van der Waals surface area contributed by atoms with Crippen molar-refractivity contribution >= 4 is 22.4 Å². The number of anilines is 1. The number of carbonyl (C=O) groups is 1. The molecule has 0 aliphatic rings. The van der Waals surface area contributed by atoms with Gasteiger partial charge in [-0.2, -0.15) is 0 Å². The van der Waals surface area contributed by atoms with Gasteiger partial charge in [-0.05, 0) is 37.6 Å². The van der Waals surface area contributed by atoms with Crippen molar-refractivity contribution in [1.82, 2.24) is 5.32 Å². The van der Waals surface area contributed by atoms with Gasteiger partial charge >= 0.3 is 0 Å². The molecule has 0 saturated heterocycles. The minimum Gasteiger partial charge on any atom is -0.493 e. The zero-order valence-corrected chi connectivity index (χ0v) is 12.7. The average Bonchev–Trinajstić information content (AvgIpc) is 2.38. The molecule has 2 atom stereocenters. The zero-order chi connectivity index (χ0) is 15.0. The number of nitrogens with two attached hydrogens (primary N) is 1. The number of carbonyl (C=O) groups excluding carboxylic acids is 1. The second kappa shape index (κ2) is 8.58. The second-order valence-electron chi connectivity index (χ2n) is 4.70. The minimum absolute atomic E-state index is 0.0305. The summed E-state index contributed by atoms with van der Waals surface area (Å²) in [6.07, 6.45) is 2.67. The summed E-state index contributed by atoms with van der Waals surface area (Å²) < 4.78 is 16.4. The summed E-state index contributed by atoms with van der Waals surface area (Å²) in [5.41, 5.74) is 6.24. The van der Waals surface area contributed by atoms with Crippen molar-refractivity contribution in [3.8, 4) is 5.75 Å². The van der Waals surface area contributed by atoms with Crippen molar-refractivity contribution in [2.24, 2.45) is 0 Å². The largest absolute Gasteiger partial charge is 0.493 e. The van der Waals surface area contributed by atoms with Crippen LogP contribution >= 0.6 is 0 Å². The molecule has 0 spiro atoms. The van der Waals surface area contributed by atoms with Crippen molar-refractivity contribution in [2.45, 2.75) is 25.8 Å². The van der Waals surface area contributed by atoms with Crippen molar-refractivity contribution < 1.29 is 13.7 Å². The highest BCUT2D eigenvalue weighted by Gasteiger charge is 2.08. The zero-order valence-electron chi connectivity index (χ0n) is 11.9. The van der Waals surface area contributed by atoms with Gasteiger partial charge in [0, 0.05) is 34.5 Å². The lowest BCUT2D eigenvalue weighted by Crippen LogP contribution is -2.34. The van der Waals surface area contributed by atoms with Crippen LogP contribution in [0, 0.1) is 0 Å². The van der Waals surface area contributed by atoms with Crippen LogP contribution in [0.4, 0.5) is 5.69 Å².